The summed E-state index contributed by atoms with van der Waals surface area (Å²) >= 11 is 0. The molecule has 0 bridgehead atoms. The van der Waals surface area contributed by atoms with Crippen molar-refractivity contribution in [3.8, 4) is 12.3 Å². The number of sulfonamides is 1. The topological polar surface area (TPSA) is 80.3 Å². The van der Waals surface area contributed by atoms with Gasteiger partial charge in [0.2, 0.25) is 10.0 Å². The van der Waals surface area contributed by atoms with Gasteiger partial charge in [-0.05, 0) is 18.2 Å². The summed E-state index contributed by atoms with van der Waals surface area (Å²) in [7, 11) is -2.68. The first-order valence-corrected chi connectivity index (χ1v) is 8.04. The molecule has 0 unspecified atom stereocenters. The molecule has 92 valence electrons. The lowest BCUT2D eigenvalue weighted by Gasteiger charge is -2.04. The Kier molecular flexibility index (Phi) is 4.16. The molecule has 0 fully saturated rings. The summed E-state index contributed by atoms with van der Waals surface area (Å²) in [6, 6.07) is 4.67. The molecular formula is C9H8ClNO4S2. The molecule has 0 aliphatic carbocycles. The number of hydrogen-bond acceptors (Lipinski definition) is 4. The molecule has 0 aliphatic heterocycles. The molecule has 0 saturated carbocycles. The molecule has 0 aromatic heterocycles. The van der Waals surface area contributed by atoms with Gasteiger partial charge in [-0.3, -0.25) is 0 Å². The van der Waals surface area contributed by atoms with Crippen LogP contribution in [0.2, 0.25) is 0 Å². The van der Waals surface area contributed by atoms with Crippen molar-refractivity contribution >= 4 is 29.8 Å². The van der Waals surface area contributed by atoms with Crippen LogP contribution in [-0.2, 0) is 19.1 Å². The van der Waals surface area contributed by atoms with E-state index < -0.39 is 19.1 Å². The predicted molar refractivity (Wildman–Crippen MR) is 63.5 cm³/mol. The maximum absolute atomic E-state index is 11.6. The third kappa shape index (κ3) is 3.71. The van der Waals surface area contributed by atoms with Crippen molar-refractivity contribution in [3.63, 3.8) is 0 Å². The highest BCUT2D eigenvalue weighted by Crippen LogP contribution is 2.18. The van der Waals surface area contributed by atoms with E-state index in [0.717, 1.165) is 6.07 Å². The van der Waals surface area contributed by atoms with Crippen LogP contribution in [0.25, 0.3) is 0 Å². The van der Waals surface area contributed by atoms with Crippen LogP contribution in [0.15, 0.2) is 34.1 Å². The third-order valence-electron chi connectivity index (χ3n) is 1.76. The second-order valence-corrected chi connectivity index (χ2v) is 7.27. The Morgan fingerprint density at radius 1 is 1.24 bits per heavy atom. The van der Waals surface area contributed by atoms with Gasteiger partial charge in [0.1, 0.15) is 0 Å². The molecule has 1 aromatic carbocycles. The zero-order valence-electron chi connectivity index (χ0n) is 8.42. The molecule has 0 aliphatic rings. The average Bonchev–Trinajstić information content (AvgIpc) is 2.25. The highest BCUT2D eigenvalue weighted by molar-refractivity contribution is 8.13. The van der Waals surface area contributed by atoms with Crippen LogP contribution in [-0.4, -0.2) is 23.4 Å². The summed E-state index contributed by atoms with van der Waals surface area (Å²) in [5.74, 6) is 2.10. The van der Waals surface area contributed by atoms with Crippen LogP contribution in [0.3, 0.4) is 0 Å². The minimum Gasteiger partial charge on any atom is -0.207 e. The monoisotopic (exact) mass is 293 g/mol. The molecule has 0 spiro atoms. The SMILES string of the molecule is C#CCNS(=O)(=O)c1cccc(S(=O)(=O)Cl)c1. The number of rotatable bonds is 4. The fourth-order valence-corrected chi connectivity index (χ4v) is 2.86. The summed E-state index contributed by atoms with van der Waals surface area (Å²) in [5.41, 5.74) is 0. The smallest absolute Gasteiger partial charge is 0.207 e. The Hall–Kier alpha value is -1.07. The van der Waals surface area contributed by atoms with Gasteiger partial charge in [-0.15, -0.1) is 6.42 Å². The van der Waals surface area contributed by atoms with Crippen molar-refractivity contribution < 1.29 is 16.8 Å². The summed E-state index contributed by atoms with van der Waals surface area (Å²) in [4.78, 5) is -0.503. The van der Waals surface area contributed by atoms with E-state index in [9.17, 15) is 16.8 Å². The number of nitrogens with one attached hydrogen (secondary N) is 1. The van der Waals surface area contributed by atoms with Crippen LogP contribution in [0.5, 0.6) is 0 Å². The van der Waals surface area contributed by atoms with Gasteiger partial charge in [0.15, 0.2) is 0 Å². The maximum atomic E-state index is 11.6. The quantitative estimate of drug-likeness (QED) is 0.648. The fourth-order valence-electron chi connectivity index (χ4n) is 1.01. The number of halogens is 1. The van der Waals surface area contributed by atoms with E-state index in [1.807, 2.05) is 0 Å². The van der Waals surface area contributed by atoms with Gasteiger partial charge >= 0.3 is 0 Å². The molecule has 1 N–H and O–H groups in total. The second kappa shape index (κ2) is 5.06. The van der Waals surface area contributed by atoms with E-state index in [1.54, 1.807) is 0 Å². The van der Waals surface area contributed by atoms with Gasteiger partial charge in [-0.2, -0.15) is 4.72 Å². The van der Waals surface area contributed by atoms with Crippen LogP contribution >= 0.6 is 10.7 Å². The van der Waals surface area contributed by atoms with Gasteiger partial charge in [0.05, 0.1) is 16.3 Å². The Bertz CT molecular complexity index is 658. The Morgan fingerprint density at radius 2 is 1.82 bits per heavy atom. The van der Waals surface area contributed by atoms with Crippen molar-refractivity contribution in [2.75, 3.05) is 6.54 Å². The fraction of sp³-hybridized carbons (Fsp3) is 0.111. The zero-order chi connectivity index (χ0) is 13.1. The van der Waals surface area contributed by atoms with E-state index in [2.05, 4.69) is 10.6 Å². The summed E-state index contributed by atoms with van der Waals surface area (Å²) < 4.78 is 47.4. The highest BCUT2D eigenvalue weighted by Gasteiger charge is 2.17. The summed E-state index contributed by atoms with van der Waals surface area (Å²) in [5, 5.41) is 0. The van der Waals surface area contributed by atoms with Gasteiger partial charge < -0.3 is 0 Å². The third-order valence-corrected chi connectivity index (χ3v) is 4.51. The normalized spacial score (nSPS) is 12.0. The van der Waals surface area contributed by atoms with Gasteiger partial charge in [-0.1, -0.05) is 12.0 Å². The number of benzene rings is 1. The lowest BCUT2D eigenvalue weighted by atomic mass is 10.4. The predicted octanol–water partition coefficient (Wildman–Crippen LogP) is 0.526. The maximum Gasteiger partial charge on any atom is 0.261 e. The van der Waals surface area contributed by atoms with E-state index in [-0.39, 0.29) is 16.3 Å². The largest absolute Gasteiger partial charge is 0.261 e. The summed E-state index contributed by atoms with van der Waals surface area (Å²) in [6.07, 6.45) is 4.92. The van der Waals surface area contributed by atoms with E-state index in [0.29, 0.717) is 0 Å². The lowest BCUT2D eigenvalue weighted by molar-refractivity contribution is 0.586. The zero-order valence-corrected chi connectivity index (χ0v) is 10.8. The van der Waals surface area contributed by atoms with Crippen molar-refractivity contribution in [1.82, 2.24) is 4.72 Å². The van der Waals surface area contributed by atoms with Crippen molar-refractivity contribution in [1.29, 1.82) is 0 Å². The van der Waals surface area contributed by atoms with Gasteiger partial charge in [0, 0.05) is 10.7 Å². The molecule has 1 aromatic rings. The van der Waals surface area contributed by atoms with E-state index in [1.165, 1.54) is 18.2 Å². The minimum absolute atomic E-state index is 0.180. The molecule has 0 radical (unpaired) electrons. The Balaban J connectivity index is 3.22. The molecule has 0 saturated heterocycles. The lowest BCUT2D eigenvalue weighted by Crippen LogP contribution is -2.24. The Labute approximate surface area is 104 Å². The molecule has 8 heteroatoms. The molecule has 5 nitrogen and oxygen atoms in total. The van der Waals surface area contributed by atoms with Crippen LogP contribution in [0.1, 0.15) is 0 Å². The Morgan fingerprint density at radius 3 is 2.35 bits per heavy atom. The van der Waals surface area contributed by atoms with Crippen molar-refractivity contribution in [2.24, 2.45) is 0 Å². The molecule has 0 heterocycles. The van der Waals surface area contributed by atoms with Crippen LogP contribution in [0.4, 0.5) is 0 Å². The number of hydrogen-bond donors (Lipinski definition) is 1. The second-order valence-electron chi connectivity index (χ2n) is 2.94. The minimum atomic E-state index is -3.97. The molecule has 1 rings (SSSR count). The highest BCUT2D eigenvalue weighted by atomic mass is 35.7. The number of terminal acetylenes is 1. The molecule has 0 amide bonds. The first kappa shape index (κ1) is 14.0. The standard InChI is InChI=1S/C9H8ClNO4S2/c1-2-6-11-17(14,15)9-5-3-4-8(7-9)16(10,12)13/h1,3-5,7,11H,6H2. The molecule has 17 heavy (non-hydrogen) atoms. The van der Waals surface area contributed by atoms with E-state index >= 15 is 0 Å². The van der Waals surface area contributed by atoms with Gasteiger partial charge in [-0.25, -0.2) is 16.8 Å². The van der Waals surface area contributed by atoms with Gasteiger partial charge in [0.25, 0.3) is 9.05 Å². The summed E-state index contributed by atoms with van der Waals surface area (Å²) in [6.45, 7) is -0.180. The molecule has 0 atom stereocenters. The first-order valence-electron chi connectivity index (χ1n) is 4.25. The van der Waals surface area contributed by atoms with Crippen LogP contribution in [0, 0.1) is 12.3 Å². The average molecular weight is 294 g/mol. The molecular weight excluding hydrogens is 286 g/mol. The van der Waals surface area contributed by atoms with E-state index in [4.69, 9.17) is 17.1 Å². The van der Waals surface area contributed by atoms with Crippen molar-refractivity contribution in [3.05, 3.63) is 24.3 Å². The first-order chi connectivity index (χ1) is 7.77. The van der Waals surface area contributed by atoms with Crippen LogP contribution < -0.4 is 4.72 Å². The van der Waals surface area contributed by atoms with Crippen molar-refractivity contribution in [2.45, 2.75) is 9.79 Å².